The van der Waals surface area contributed by atoms with Gasteiger partial charge >= 0.3 is 0 Å². The Morgan fingerprint density at radius 1 is 0.929 bits per heavy atom. The van der Waals surface area contributed by atoms with E-state index in [1.54, 1.807) is 0 Å². The molecular formula is C11H20Cl2Si. The smallest absolute Gasteiger partial charge is 0.150 e. The molecule has 0 rings (SSSR count). The van der Waals surface area contributed by atoms with E-state index in [-0.39, 0.29) is 0 Å². The first kappa shape index (κ1) is 14.3. The SMILES string of the molecule is C=CCCCCCCC=CC[SiH](Cl)Cl. The van der Waals surface area contributed by atoms with Crippen molar-refractivity contribution in [3.05, 3.63) is 24.8 Å². The molecule has 0 aromatic heterocycles. The van der Waals surface area contributed by atoms with E-state index in [4.69, 9.17) is 22.2 Å². The van der Waals surface area contributed by atoms with Gasteiger partial charge in [-0.3, -0.25) is 0 Å². The van der Waals surface area contributed by atoms with Crippen LogP contribution >= 0.6 is 22.2 Å². The Hall–Kier alpha value is 0.277. The second kappa shape index (κ2) is 11.4. The molecule has 0 aromatic carbocycles. The molecular weight excluding hydrogens is 231 g/mol. The van der Waals surface area contributed by atoms with E-state index in [0.29, 0.717) is 0 Å². The van der Waals surface area contributed by atoms with Gasteiger partial charge < -0.3 is 0 Å². The fourth-order valence-corrected chi connectivity index (χ4v) is 2.24. The quantitative estimate of drug-likeness (QED) is 0.240. The molecule has 0 heterocycles. The molecule has 0 aliphatic carbocycles. The lowest BCUT2D eigenvalue weighted by atomic mass is 10.1. The van der Waals surface area contributed by atoms with Crippen molar-refractivity contribution in [1.82, 2.24) is 0 Å². The van der Waals surface area contributed by atoms with Gasteiger partial charge in [0.2, 0.25) is 7.42 Å². The van der Waals surface area contributed by atoms with Crippen LogP contribution in [0, 0.1) is 0 Å². The minimum absolute atomic E-state index is 0.902. The number of unbranched alkanes of at least 4 members (excludes halogenated alkanes) is 5. The van der Waals surface area contributed by atoms with Crippen LogP contribution in [0.4, 0.5) is 0 Å². The maximum absolute atomic E-state index is 5.72. The molecule has 0 saturated heterocycles. The first-order valence-electron chi connectivity index (χ1n) is 5.31. The van der Waals surface area contributed by atoms with Crippen molar-refractivity contribution in [1.29, 1.82) is 0 Å². The number of allylic oxidation sites excluding steroid dienone is 3. The zero-order valence-electron chi connectivity index (χ0n) is 8.72. The Labute approximate surface area is 99.0 Å². The average molecular weight is 251 g/mol. The summed E-state index contributed by atoms with van der Waals surface area (Å²) in [7, 11) is -1.40. The summed E-state index contributed by atoms with van der Waals surface area (Å²) >= 11 is 11.4. The third-order valence-electron chi connectivity index (χ3n) is 2.01. The van der Waals surface area contributed by atoms with E-state index in [1.165, 1.54) is 32.1 Å². The largest absolute Gasteiger partial charge is 0.240 e. The van der Waals surface area contributed by atoms with Crippen LogP contribution in [0.5, 0.6) is 0 Å². The van der Waals surface area contributed by atoms with Gasteiger partial charge in [0.1, 0.15) is 0 Å². The molecule has 0 unspecified atom stereocenters. The highest BCUT2D eigenvalue weighted by Crippen LogP contribution is 2.08. The maximum Gasteiger partial charge on any atom is 0.240 e. The van der Waals surface area contributed by atoms with E-state index in [0.717, 1.165) is 12.5 Å². The second-order valence-electron chi connectivity index (χ2n) is 3.38. The van der Waals surface area contributed by atoms with Crippen LogP contribution in [-0.2, 0) is 0 Å². The molecule has 0 bridgehead atoms. The topological polar surface area (TPSA) is 0 Å². The van der Waals surface area contributed by atoms with Crippen LogP contribution < -0.4 is 0 Å². The van der Waals surface area contributed by atoms with Crippen molar-refractivity contribution in [3.8, 4) is 0 Å². The lowest BCUT2D eigenvalue weighted by molar-refractivity contribution is 0.652. The molecule has 0 aromatic rings. The summed E-state index contributed by atoms with van der Waals surface area (Å²) in [6, 6.07) is 0.902. The monoisotopic (exact) mass is 250 g/mol. The number of rotatable bonds is 9. The van der Waals surface area contributed by atoms with Crippen molar-refractivity contribution >= 4 is 29.6 Å². The van der Waals surface area contributed by atoms with E-state index >= 15 is 0 Å². The number of halogens is 2. The molecule has 0 amide bonds. The zero-order chi connectivity index (χ0) is 10.6. The molecule has 0 aliphatic heterocycles. The molecule has 82 valence electrons. The molecule has 14 heavy (non-hydrogen) atoms. The Morgan fingerprint density at radius 2 is 1.57 bits per heavy atom. The first-order valence-corrected chi connectivity index (χ1v) is 9.62. The summed E-state index contributed by atoms with van der Waals surface area (Å²) in [4.78, 5) is 0. The fraction of sp³-hybridized carbons (Fsp3) is 0.636. The summed E-state index contributed by atoms with van der Waals surface area (Å²) in [5.41, 5.74) is 0. The van der Waals surface area contributed by atoms with Gasteiger partial charge in [0.15, 0.2) is 0 Å². The molecule has 3 heteroatoms. The van der Waals surface area contributed by atoms with Crippen molar-refractivity contribution < 1.29 is 0 Å². The van der Waals surface area contributed by atoms with Crippen LogP contribution in [0.1, 0.15) is 38.5 Å². The van der Waals surface area contributed by atoms with Gasteiger partial charge in [-0.2, -0.15) is 22.2 Å². The lowest BCUT2D eigenvalue weighted by Gasteiger charge is -1.96. The molecule has 0 radical (unpaired) electrons. The lowest BCUT2D eigenvalue weighted by Crippen LogP contribution is -1.86. The molecule has 0 nitrogen and oxygen atoms in total. The van der Waals surface area contributed by atoms with Crippen LogP contribution in [0.2, 0.25) is 6.04 Å². The molecule has 0 saturated carbocycles. The van der Waals surface area contributed by atoms with Gasteiger partial charge in [-0.1, -0.05) is 31.1 Å². The maximum atomic E-state index is 5.72. The summed E-state index contributed by atoms with van der Waals surface area (Å²) in [6.45, 7) is 3.70. The van der Waals surface area contributed by atoms with Gasteiger partial charge in [-0.25, -0.2) is 0 Å². The van der Waals surface area contributed by atoms with Crippen molar-refractivity contribution in [2.24, 2.45) is 0 Å². The third-order valence-corrected chi connectivity index (χ3v) is 3.71. The van der Waals surface area contributed by atoms with Gasteiger partial charge in [-0.05, 0) is 31.7 Å². The normalized spacial score (nSPS) is 11.4. The highest BCUT2D eigenvalue weighted by Gasteiger charge is 1.95. The Bertz CT molecular complexity index is 155. The molecule has 0 atom stereocenters. The minimum atomic E-state index is -1.40. The summed E-state index contributed by atoms with van der Waals surface area (Å²) in [5, 5.41) is 0. The Morgan fingerprint density at radius 3 is 2.14 bits per heavy atom. The fourth-order valence-electron chi connectivity index (χ4n) is 1.22. The van der Waals surface area contributed by atoms with Crippen molar-refractivity contribution in [2.75, 3.05) is 0 Å². The van der Waals surface area contributed by atoms with Crippen LogP contribution in [0.3, 0.4) is 0 Å². The van der Waals surface area contributed by atoms with Gasteiger partial charge in [0.05, 0.1) is 0 Å². The van der Waals surface area contributed by atoms with Gasteiger partial charge in [0.25, 0.3) is 0 Å². The van der Waals surface area contributed by atoms with Crippen LogP contribution in [0.25, 0.3) is 0 Å². The van der Waals surface area contributed by atoms with E-state index in [9.17, 15) is 0 Å². The number of hydrogen-bond donors (Lipinski definition) is 0. The Kier molecular flexibility index (Phi) is 11.6. The van der Waals surface area contributed by atoms with Crippen LogP contribution in [0.15, 0.2) is 24.8 Å². The van der Waals surface area contributed by atoms with E-state index in [1.807, 2.05) is 6.08 Å². The van der Waals surface area contributed by atoms with Crippen LogP contribution in [-0.4, -0.2) is 7.42 Å². The molecule has 0 fully saturated rings. The molecule has 0 N–H and O–H groups in total. The predicted molar refractivity (Wildman–Crippen MR) is 70.7 cm³/mol. The zero-order valence-corrected chi connectivity index (χ0v) is 11.4. The van der Waals surface area contributed by atoms with Crippen molar-refractivity contribution in [2.45, 2.75) is 44.6 Å². The molecule has 0 spiro atoms. The van der Waals surface area contributed by atoms with E-state index in [2.05, 4.69) is 18.7 Å². The minimum Gasteiger partial charge on any atom is -0.150 e. The standard InChI is InChI=1S/C11H20Cl2Si/c1-2-3-4-5-6-7-8-9-10-11-14(12)13/h2,9-10,14H,1,3-8,11H2. The van der Waals surface area contributed by atoms with E-state index < -0.39 is 7.42 Å². The highest BCUT2D eigenvalue weighted by molar-refractivity contribution is 7.33. The summed E-state index contributed by atoms with van der Waals surface area (Å²) < 4.78 is 0. The average Bonchev–Trinajstić information content (AvgIpc) is 2.15. The Balaban J connectivity index is 3.05. The third kappa shape index (κ3) is 12.3. The van der Waals surface area contributed by atoms with Crippen molar-refractivity contribution in [3.63, 3.8) is 0 Å². The summed E-state index contributed by atoms with van der Waals surface area (Å²) in [5.74, 6) is 0. The van der Waals surface area contributed by atoms with Gasteiger partial charge in [-0.15, -0.1) is 6.58 Å². The highest BCUT2D eigenvalue weighted by atomic mass is 35.7. The number of hydrogen-bond acceptors (Lipinski definition) is 0. The first-order chi connectivity index (χ1) is 6.77. The van der Waals surface area contributed by atoms with Gasteiger partial charge in [0, 0.05) is 0 Å². The molecule has 0 aliphatic rings. The predicted octanol–water partition coefficient (Wildman–Crippen LogP) is 4.77. The summed E-state index contributed by atoms with van der Waals surface area (Å²) in [6.07, 6.45) is 13.9. The second-order valence-corrected chi connectivity index (χ2v) is 8.46.